The Bertz CT molecular complexity index is 1030. The molecular weight excluding hydrogens is 396 g/mol. The fraction of sp³-hybridized carbons (Fsp3) is 0.250. The standard InChI is InChI=1S/C24H26N2O3S/c1-4-17-10-12-19(13-11-17)29-16(3)23(28)26-24-21(22(25)27)15(2)20(30-24)14-18-8-6-5-7-9-18/h5-13,16H,4,14H2,1-3H3,(H2,25,27)(H,26,28)/t16-/m0/s1. The highest BCUT2D eigenvalue weighted by Gasteiger charge is 2.23. The fourth-order valence-electron chi connectivity index (χ4n) is 3.17. The molecule has 2 amide bonds. The number of aryl methyl sites for hydroxylation is 1. The zero-order valence-corrected chi connectivity index (χ0v) is 18.2. The molecule has 6 heteroatoms. The third-order valence-corrected chi connectivity index (χ3v) is 6.16. The number of amides is 2. The zero-order valence-electron chi connectivity index (χ0n) is 17.4. The Balaban J connectivity index is 1.76. The van der Waals surface area contributed by atoms with Gasteiger partial charge in [-0.3, -0.25) is 9.59 Å². The molecule has 0 saturated carbocycles. The first-order valence-corrected chi connectivity index (χ1v) is 10.7. The zero-order chi connectivity index (χ0) is 21.7. The number of carbonyl (C=O) groups excluding carboxylic acids is 2. The Morgan fingerprint density at radius 1 is 1.07 bits per heavy atom. The maximum atomic E-state index is 12.7. The van der Waals surface area contributed by atoms with E-state index in [4.69, 9.17) is 10.5 Å². The lowest BCUT2D eigenvalue weighted by atomic mass is 10.1. The number of thiophene rings is 1. The Morgan fingerprint density at radius 3 is 2.33 bits per heavy atom. The van der Waals surface area contributed by atoms with Crippen molar-refractivity contribution < 1.29 is 14.3 Å². The van der Waals surface area contributed by atoms with Crippen LogP contribution in [0.25, 0.3) is 0 Å². The summed E-state index contributed by atoms with van der Waals surface area (Å²) in [5.41, 5.74) is 9.10. The van der Waals surface area contributed by atoms with Crippen molar-refractivity contribution in [1.82, 2.24) is 0 Å². The van der Waals surface area contributed by atoms with E-state index in [1.807, 2.05) is 61.5 Å². The maximum absolute atomic E-state index is 12.7. The van der Waals surface area contributed by atoms with Gasteiger partial charge in [0.15, 0.2) is 6.10 Å². The van der Waals surface area contributed by atoms with Crippen LogP contribution in [0.1, 0.15) is 45.8 Å². The van der Waals surface area contributed by atoms with Crippen LogP contribution in [0.3, 0.4) is 0 Å². The Kier molecular flexibility index (Phi) is 6.90. The molecule has 0 spiro atoms. The molecule has 0 aliphatic heterocycles. The van der Waals surface area contributed by atoms with Crippen molar-refractivity contribution in [3.05, 3.63) is 81.7 Å². The van der Waals surface area contributed by atoms with Crippen molar-refractivity contribution in [2.24, 2.45) is 5.73 Å². The SMILES string of the molecule is CCc1ccc(O[C@@H](C)C(=O)Nc2sc(Cc3ccccc3)c(C)c2C(N)=O)cc1. The molecule has 0 aliphatic carbocycles. The number of carbonyl (C=O) groups is 2. The topological polar surface area (TPSA) is 81.4 Å². The van der Waals surface area contributed by atoms with Crippen molar-refractivity contribution in [2.75, 3.05) is 5.32 Å². The number of benzene rings is 2. The molecule has 0 saturated heterocycles. The predicted molar refractivity (Wildman–Crippen MR) is 121 cm³/mol. The lowest BCUT2D eigenvalue weighted by molar-refractivity contribution is -0.122. The lowest BCUT2D eigenvalue weighted by Gasteiger charge is -2.15. The molecule has 3 rings (SSSR count). The third-order valence-electron chi connectivity index (χ3n) is 4.95. The first kappa shape index (κ1) is 21.6. The van der Waals surface area contributed by atoms with Gasteiger partial charge in [0.05, 0.1) is 5.56 Å². The molecule has 0 bridgehead atoms. The molecule has 0 radical (unpaired) electrons. The molecule has 1 heterocycles. The summed E-state index contributed by atoms with van der Waals surface area (Å²) in [5, 5.41) is 3.30. The van der Waals surface area contributed by atoms with Crippen molar-refractivity contribution in [2.45, 2.75) is 39.7 Å². The summed E-state index contributed by atoms with van der Waals surface area (Å²) in [4.78, 5) is 25.8. The van der Waals surface area contributed by atoms with Gasteiger partial charge in [-0.05, 0) is 49.1 Å². The summed E-state index contributed by atoms with van der Waals surface area (Å²) in [7, 11) is 0. The first-order chi connectivity index (χ1) is 14.4. The number of ether oxygens (including phenoxy) is 1. The smallest absolute Gasteiger partial charge is 0.265 e. The minimum absolute atomic E-state index is 0.329. The Hall–Kier alpha value is -3.12. The summed E-state index contributed by atoms with van der Waals surface area (Å²) in [6, 6.07) is 17.6. The predicted octanol–water partition coefficient (Wildman–Crippen LogP) is 4.71. The highest BCUT2D eigenvalue weighted by Crippen LogP contribution is 2.34. The van der Waals surface area contributed by atoms with Crippen LogP contribution >= 0.6 is 11.3 Å². The molecule has 1 atom stereocenters. The van der Waals surface area contributed by atoms with Crippen LogP contribution in [-0.4, -0.2) is 17.9 Å². The van der Waals surface area contributed by atoms with Crippen LogP contribution in [-0.2, 0) is 17.6 Å². The first-order valence-electron chi connectivity index (χ1n) is 9.91. The van der Waals surface area contributed by atoms with E-state index in [1.54, 1.807) is 6.92 Å². The van der Waals surface area contributed by atoms with E-state index in [1.165, 1.54) is 16.9 Å². The lowest BCUT2D eigenvalue weighted by Crippen LogP contribution is -2.30. The third kappa shape index (κ3) is 5.07. The van der Waals surface area contributed by atoms with Gasteiger partial charge in [0, 0.05) is 11.3 Å². The second-order valence-electron chi connectivity index (χ2n) is 7.13. The molecule has 156 valence electrons. The van der Waals surface area contributed by atoms with Gasteiger partial charge in [0.25, 0.3) is 11.8 Å². The second-order valence-corrected chi connectivity index (χ2v) is 8.23. The monoisotopic (exact) mass is 422 g/mol. The van der Waals surface area contributed by atoms with Gasteiger partial charge in [-0.25, -0.2) is 0 Å². The molecule has 0 fully saturated rings. The van der Waals surface area contributed by atoms with Gasteiger partial charge in [-0.1, -0.05) is 49.4 Å². The molecule has 3 N–H and O–H groups in total. The highest BCUT2D eigenvalue weighted by atomic mass is 32.1. The molecule has 2 aromatic carbocycles. The van der Waals surface area contributed by atoms with Crippen molar-refractivity contribution >= 4 is 28.2 Å². The summed E-state index contributed by atoms with van der Waals surface area (Å²) in [5.74, 6) is -0.260. The molecule has 0 unspecified atom stereocenters. The normalized spacial score (nSPS) is 11.7. The summed E-state index contributed by atoms with van der Waals surface area (Å²) in [6.45, 7) is 5.62. The van der Waals surface area contributed by atoms with E-state index < -0.39 is 12.0 Å². The molecule has 30 heavy (non-hydrogen) atoms. The summed E-state index contributed by atoms with van der Waals surface area (Å²) >= 11 is 1.38. The van der Waals surface area contributed by atoms with Crippen LogP contribution in [0, 0.1) is 6.92 Å². The second kappa shape index (κ2) is 9.59. The molecule has 5 nitrogen and oxygen atoms in total. The van der Waals surface area contributed by atoms with Crippen LogP contribution in [0.2, 0.25) is 0 Å². The van der Waals surface area contributed by atoms with E-state index in [2.05, 4.69) is 12.2 Å². The van der Waals surface area contributed by atoms with Gasteiger partial charge in [-0.2, -0.15) is 0 Å². The molecule has 3 aromatic rings. The van der Waals surface area contributed by atoms with Crippen LogP contribution in [0.15, 0.2) is 54.6 Å². The van der Waals surface area contributed by atoms with Crippen molar-refractivity contribution in [3.8, 4) is 5.75 Å². The molecule has 1 aromatic heterocycles. The number of nitrogens with one attached hydrogen (secondary N) is 1. The van der Waals surface area contributed by atoms with Gasteiger partial charge in [-0.15, -0.1) is 11.3 Å². The van der Waals surface area contributed by atoms with Gasteiger partial charge in [0.1, 0.15) is 10.8 Å². The van der Waals surface area contributed by atoms with Gasteiger partial charge < -0.3 is 15.8 Å². The van der Waals surface area contributed by atoms with E-state index in [0.717, 1.165) is 22.4 Å². The van der Waals surface area contributed by atoms with E-state index in [9.17, 15) is 9.59 Å². The molecule has 0 aliphatic rings. The van der Waals surface area contributed by atoms with E-state index in [0.29, 0.717) is 22.7 Å². The largest absolute Gasteiger partial charge is 0.481 e. The number of primary amides is 1. The number of rotatable bonds is 8. The van der Waals surface area contributed by atoms with E-state index in [-0.39, 0.29) is 5.91 Å². The summed E-state index contributed by atoms with van der Waals surface area (Å²) in [6.07, 6.45) is 0.886. The van der Waals surface area contributed by atoms with Crippen molar-refractivity contribution in [1.29, 1.82) is 0 Å². The summed E-state index contributed by atoms with van der Waals surface area (Å²) < 4.78 is 5.76. The van der Waals surface area contributed by atoms with Gasteiger partial charge >= 0.3 is 0 Å². The van der Waals surface area contributed by atoms with Gasteiger partial charge in [0.2, 0.25) is 0 Å². The van der Waals surface area contributed by atoms with Crippen molar-refractivity contribution in [3.63, 3.8) is 0 Å². The molecular formula is C24H26N2O3S. The van der Waals surface area contributed by atoms with E-state index >= 15 is 0 Å². The average molecular weight is 423 g/mol. The number of anilines is 1. The average Bonchev–Trinajstić information content (AvgIpc) is 3.04. The Labute approximate surface area is 180 Å². The quantitative estimate of drug-likeness (QED) is 0.551. The maximum Gasteiger partial charge on any atom is 0.265 e. The minimum atomic E-state index is -0.724. The fourth-order valence-corrected chi connectivity index (χ4v) is 4.42. The Morgan fingerprint density at radius 2 is 1.73 bits per heavy atom. The van der Waals surface area contributed by atoms with Crippen LogP contribution in [0.4, 0.5) is 5.00 Å². The number of hydrogen-bond acceptors (Lipinski definition) is 4. The number of hydrogen-bond donors (Lipinski definition) is 2. The minimum Gasteiger partial charge on any atom is -0.481 e. The van der Waals surface area contributed by atoms with Crippen LogP contribution < -0.4 is 15.8 Å². The van der Waals surface area contributed by atoms with Crippen LogP contribution in [0.5, 0.6) is 5.75 Å². The highest BCUT2D eigenvalue weighted by molar-refractivity contribution is 7.17. The number of nitrogens with two attached hydrogens (primary N) is 1.